The molecule has 0 aliphatic rings. The van der Waals surface area contributed by atoms with E-state index in [9.17, 15) is 22.8 Å². The van der Waals surface area contributed by atoms with Crippen molar-refractivity contribution in [3.8, 4) is 0 Å². The third kappa shape index (κ3) is 7.05. The van der Waals surface area contributed by atoms with Crippen LogP contribution in [0, 0.1) is 6.92 Å². The fraction of sp³-hybridized carbons (Fsp3) is 0.250. The molecule has 10 heteroatoms. The van der Waals surface area contributed by atoms with Gasteiger partial charge in [-0.3, -0.25) is 14.4 Å². The van der Waals surface area contributed by atoms with E-state index >= 15 is 0 Å². The molecule has 160 valence electrons. The van der Waals surface area contributed by atoms with Crippen LogP contribution in [0.3, 0.4) is 0 Å². The second kappa shape index (κ2) is 10.5. The van der Waals surface area contributed by atoms with Crippen LogP contribution in [0.15, 0.2) is 51.8 Å². The number of hydrogen-bond donors (Lipinski definition) is 3. The molecule has 0 aliphatic carbocycles. The van der Waals surface area contributed by atoms with Crippen molar-refractivity contribution in [3.63, 3.8) is 0 Å². The van der Waals surface area contributed by atoms with Crippen LogP contribution in [-0.2, 0) is 19.6 Å². The van der Waals surface area contributed by atoms with Gasteiger partial charge in [-0.25, -0.2) is 13.1 Å². The van der Waals surface area contributed by atoms with Gasteiger partial charge in [-0.1, -0.05) is 28.1 Å². The number of hydrogen-bond acceptors (Lipinski definition) is 5. The number of aryl methyl sites for hydroxylation is 1. The van der Waals surface area contributed by atoms with E-state index in [1.165, 1.54) is 31.2 Å². The normalized spacial score (nSPS) is 11.0. The van der Waals surface area contributed by atoms with Crippen molar-refractivity contribution in [2.75, 3.05) is 18.4 Å². The van der Waals surface area contributed by atoms with Gasteiger partial charge in [0.05, 0.1) is 11.4 Å². The Morgan fingerprint density at radius 1 is 1.00 bits per heavy atom. The van der Waals surface area contributed by atoms with Gasteiger partial charge in [0.15, 0.2) is 5.78 Å². The zero-order valence-electron chi connectivity index (χ0n) is 16.5. The zero-order valence-corrected chi connectivity index (χ0v) is 18.9. The molecular formula is C20H22BrN3O5S. The molecule has 0 atom stereocenters. The third-order valence-electron chi connectivity index (χ3n) is 4.10. The molecule has 0 heterocycles. The van der Waals surface area contributed by atoms with Crippen molar-refractivity contribution >= 4 is 49.2 Å². The summed E-state index contributed by atoms with van der Waals surface area (Å²) in [6.45, 7) is 2.92. The van der Waals surface area contributed by atoms with E-state index in [1.54, 1.807) is 12.1 Å². The Morgan fingerprint density at radius 3 is 2.27 bits per heavy atom. The highest BCUT2D eigenvalue weighted by Crippen LogP contribution is 2.19. The standard InChI is InChI=1S/C20H22BrN3O5S/c1-13-11-16(5-8-18(13)21)24-20(27)12-22-19(26)9-10-23-30(28,29)17-6-3-15(4-7-17)14(2)25/h3-8,11,23H,9-10,12H2,1-2H3,(H,22,26)(H,24,27). The van der Waals surface area contributed by atoms with E-state index in [0.717, 1.165) is 10.0 Å². The molecule has 0 saturated carbocycles. The smallest absolute Gasteiger partial charge is 0.243 e. The maximum atomic E-state index is 12.2. The van der Waals surface area contributed by atoms with Crippen LogP contribution in [0.25, 0.3) is 0 Å². The van der Waals surface area contributed by atoms with E-state index in [4.69, 9.17) is 0 Å². The molecule has 0 fully saturated rings. The summed E-state index contributed by atoms with van der Waals surface area (Å²) in [4.78, 5) is 35.1. The number of amides is 2. The van der Waals surface area contributed by atoms with Gasteiger partial charge in [-0.2, -0.15) is 0 Å². The summed E-state index contributed by atoms with van der Waals surface area (Å²) in [5, 5.41) is 5.11. The molecule has 0 aromatic heterocycles. The number of halogens is 1. The van der Waals surface area contributed by atoms with Crippen molar-refractivity contribution < 1.29 is 22.8 Å². The lowest BCUT2D eigenvalue weighted by atomic mass is 10.2. The summed E-state index contributed by atoms with van der Waals surface area (Å²) in [6.07, 6.45) is -0.130. The molecule has 0 aliphatic heterocycles. The van der Waals surface area contributed by atoms with Crippen LogP contribution in [0.2, 0.25) is 0 Å². The van der Waals surface area contributed by atoms with Crippen LogP contribution < -0.4 is 15.4 Å². The summed E-state index contributed by atoms with van der Waals surface area (Å²) in [6, 6.07) is 10.8. The summed E-state index contributed by atoms with van der Waals surface area (Å²) in [5.41, 5.74) is 1.98. The first kappa shape index (κ1) is 23.7. The lowest BCUT2D eigenvalue weighted by Crippen LogP contribution is -2.35. The molecule has 30 heavy (non-hydrogen) atoms. The van der Waals surface area contributed by atoms with Gasteiger partial charge in [-0.05, 0) is 49.7 Å². The highest BCUT2D eigenvalue weighted by molar-refractivity contribution is 9.10. The van der Waals surface area contributed by atoms with Crippen molar-refractivity contribution in [1.29, 1.82) is 0 Å². The molecule has 8 nitrogen and oxygen atoms in total. The summed E-state index contributed by atoms with van der Waals surface area (Å²) in [5.74, 6) is -1.02. The quantitative estimate of drug-likeness (QED) is 0.461. The Labute approximate surface area is 183 Å². The lowest BCUT2D eigenvalue weighted by Gasteiger charge is -2.09. The van der Waals surface area contributed by atoms with Gasteiger partial charge >= 0.3 is 0 Å². The minimum atomic E-state index is -3.80. The van der Waals surface area contributed by atoms with Gasteiger partial charge < -0.3 is 10.6 Å². The Kier molecular flexibility index (Phi) is 8.27. The SMILES string of the molecule is CC(=O)c1ccc(S(=O)(=O)NCCC(=O)NCC(=O)Nc2ccc(Br)c(C)c2)cc1. The van der Waals surface area contributed by atoms with Gasteiger partial charge in [0.1, 0.15) is 0 Å². The van der Waals surface area contributed by atoms with Crippen LogP contribution >= 0.6 is 15.9 Å². The summed E-state index contributed by atoms with van der Waals surface area (Å²) < 4.78 is 27.7. The number of carbonyl (C=O) groups is 3. The Bertz CT molecular complexity index is 1050. The average Bonchev–Trinajstić information content (AvgIpc) is 2.69. The zero-order chi connectivity index (χ0) is 22.3. The number of ketones is 1. The van der Waals surface area contributed by atoms with E-state index in [0.29, 0.717) is 11.3 Å². The minimum Gasteiger partial charge on any atom is -0.347 e. The maximum Gasteiger partial charge on any atom is 0.243 e. The number of Topliss-reactive ketones (excluding diaryl/α,β-unsaturated/α-hetero) is 1. The number of nitrogens with one attached hydrogen (secondary N) is 3. The van der Waals surface area contributed by atoms with Crippen molar-refractivity contribution in [3.05, 3.63) is 58.1 Å². The predicted octanol–water partition coefficient (Wildman–Crippen LogP) is 2.38. The average molecular weight is 496 g/mol. The fourth-order valence-corrected chi connectivity index (χ4v) is 3.72. The number of anilines is 1. The Morgan fingerprint density at radius 2 is 1.67 bits per heavy atom. The molecule has 2 amide bonds. The van der Waals surface area contributed by atoms with Crippen LogP contribution in [-0.4, -0.2) is 39.1 Å². The molecule has 2 aromatic rings. The van der Waals surface area contributed by atoms with E-state index in [-0.39, 0.29) is 30.2 Å². The Balaban J connectivity index is 1.76. The van der Waals surface area contributed by atoms with Crippen molar-refractivity contribution in [1.82, 2.24) is 10.0 Å². The van der Waals surface area contributed by atoms with Gasteiger partial charge in [-0.15, -0.1) is 0 Å². The lowest BCUT2D eigenvalue weighted by molar-refractivity contribution is -0.124. The summed E-state index contributed by atoms with van der Waals surface area (Å²) in [7, 11) is -3.80. The number of benzene rings is 2. The number of rotatable bonds is 9. The van der Waals surface area contributed by atoms with Crippen LogP contribution in [0.4, 0.5) is 5.69 Å². The number of carbonyl (C=O) groups excluding carboxylic acids is 3. The van der Waals surface area contributed by atoms with Crippen molar-refractivity contribution in [2.24, 2.45) is 0 Å². The second-order valence-electron chi connectivity index (χ2n) is 6.52. The largest absolute Gasteiger partial charge is 0.347 e. The third-order valence-corrected chi connectivity index (χ3v) is 6.47. The van der Waals surface area contributed by atoms with Gasteiger partial charge in [0.25, 0.3) is 0 Å². The van der Waals surface area contributed by atoms with Crippen LogP contribution in [0.1, 0.15) is 29.3 Å². The van der Waals surface area contributed by atoms with E-state index < -0.39 is 21.8 Å². The van der Waals surface area contributed by atoms with Crippen LogP contribution in [0.5, 0.6) is 0 Å². The van der Waals surface area contributed by atoms with Gasteiger partial charge in [0, 0.05) is 28.7 Å². The Hall–Kier alpha value is -2.56. The van der Waals surface area contributed by atoms with Gasteiger partial charge in [0.2, 0.25) is 21.8 Å². The fourth-order valence-electron chi connectivity index (χ4n) is 2.45. The molecule has 0 radical (unpaired) electrons. The highest BCUT2D eigenvalue weighted by atomic mass is 79.9. The van der Waals surface area contributed by atoms with E-state index in [1.807, 2.05) is 13.0 Å². The number of sulfonamides is 1. The van der Waals surface area contributed by atoms with Crippen molar-refractivity contribution in [2.45, 2.75) is 25.2 Å². The molecule has 2 rings (SSSR count). The predicted molar refractivity (Wildman–Crippen MR) is 117 cm³/mol. The summed E-state index contributed by atoms with van der Waals surface area (Å²) >= 11 is 3.37. The molecule has 0 saturated heterocycles. The monoisotopic (exact) mass is 495 g/mol. The van der Waals surface area contributed by atoms with E-state index in [2.05, 4.69) is 31.3 Å². The first-order valence-corrected chi connectivity index (χ1v) is 11.3. The maximum absolute atomic E-state index is 12.2. The second-order valence-corrected chi connectivity index (χ2v) is 9.14. The molecule has 0 spiro atoms. The molecular weight excluding hydrogens is 474 g/mol. The molecule has 0 unspecified atom stereocenters. The topological polar surface area (TPSA) is 121 Å². The highest BCUT2D eigenvalue weighted by Gasteiger charge is 2.15. The first-order valence-electron chi connectivity index (χ1n) is 9.02. The molecule has 0 bridgehead atoms. The minimum absolute atomic E-state index is 0.00271. The first-order chi connectivity index (χ1) is 14.1. The molecule has 2 aromatic carbocycles. The molecule has 3 N–H and O–H groups in total.